The van der Waals surface area contributed by atoms with E-state index >= 15 is 0 Å². The van der Waals surface area contributed by atoms with E-state index in [2.05, 4.69) is 34.4 Å². The largest absolute Gasteiger partial charge is 0.363 e. The Morgan fingerprint density at radius 1 is 1.32 bits per heavy atom. The molecule has 2 aromatic heterocycles. The number of nitrogens with zero attached hydrogens (tertiary/aromatic N) is 4. The van der Waals surface area contributed by atoms with Crippen molar-refractivity contribution in [3.05, 3.63) is 28.7 Å². The molecule has 0 amide bonds. The number of pyridine rings is 1. The maximum absolute atomic E-state index is 12.2. The third-order valence-electron chi connectivity index (χ3n) is 4.52. The lowest BCUT2D eigenvalue weighted by Gasteiger charge is -2.36. The Kier molecular flexibility index (Phi) is 4.11. The highest BCUT2D eigenvalue weighted by Gasteiger charge is 2.27. The van der Waals surface area contributed by atoms with Crippen LogP contribution in [-0.2, 0) is 7.05 Å². The van der Waals surface area contributed by atoms with Crippen LogP contribution in [0.2, 0.25) is 0 Å². The van der Waals surface area contributed by atoms with Gasteiger partial charge in [-0.3, -0.25) is 9.78 Å². The Balaban J connectivity index is 2.00. The summed E-state index contributed by atoms with van der Waals surface area (Å²) >= 11 is 0. The zero-order valence-electron chi connectivity index (χ0n) is 13.4. The number of hydrogen-bond acceptors (Lipinski definition) is 5. The first-order valence-electron chi connectivity index (χ1n) is 7.83. The second kappa shape index (κ2) is 6.04. The van der Waals surface area contributed by atoms with Crippen LogP contribution in [-0.4, -0.2) is 45.8 Å². The number of rotatable bonds is 3. The standard InChI is InChI=1S/C16H23N5O/c1-20(2)13-9-5-4-8-12(13)18-15-14-11(7-6-10-17-14)16(22)21(3)19-15/h6-7,10,12-13H,4-5,8-9H2,1-3H3,(H,18,19)/t12?,13-/m0/s1. The quantitative estimate of drug-likeness (QED) is 0.933. The fourth-order valence-corrected chi connectivity index (χ4v) is 3.35. The summed E-state index contributed by atoms with van der Waals surface area (Å²) in [4.78, 5) is 18.8. The molecule has 2 aromatic rings. The van der Waals surface area contributed by atoms with Gasteiger partial charge in [0.15, 0.2) is 5.82 Å². The maximum atomic E-state index is 12.2. The molecule has 2 heterocycles. The van der Waals surface area contributed by atoms with Crippen molar-refractivity contribution in [2.24, 2.45) is 7.05 Å². The maximum Gasteiger partial charge on any atom is 0.276 e. The number of likely N-dealkylation sites (N-methyl/N-ethyl adjacent to an activating group) is 1. The molecule has 6 heteroatoms. The number of anilines is 1. The zero-order chi connectivity index (χ0) is 15.7. The Labute approximate surface area is 130 Å². The van der Waals surface area contributed by atoms with E-state index in [4.69, 9.17) is 0 Å². The van der Waals surface area contributed by atoms with E-state index in [1.165, 1.54) is 23.9 Å². The third-order valence-corrected chi connectivity index (χ3v) is 4.52. The minimum absolute atomic E-state index is 0.110. The van der Waals surface area contributed by atoms with Crippen molar-refractivity contribution in [2.45, 2.75) is 37.8 Å². The highest BCUT2D eigenvalue weighted by Crippen LogP contribution is 2.26. The van der Waals surface area contributed by atoms with Crippen LogP contribution < -0.4 is 10.9 Å². The molecule has 0 radical (unpaired) electrons. The number of fused-ring (bicyclic) bond motifs is 1. The average molecular weight is 301 g/mol. The van der Waals surface area contributed by atoms with Crippen LogP contribution in [0, 0.1) is 0 Å². The number of aromatic nitrogens is 3. The molecule has 0 saturated heterocycles. The van der Waals surface area contributed by atoms with Gasteiger partial charge in [-0.1, -0.05) is 12.8 Å². The van der Waals surface area contributed by atoms with E-state index in [1.807, 2.05) is 6.07 Å². The molecule has 2 atom stereocenters. The Bertz CT molecular complexity index is 724. The van der Waals surface area contributed by atoms with Gasteiger partial charge in [0, 0.05) is 25.3 Å². The molecule has 1 saturated carbocycles. The van der Waals surface area contributed by atoms with Crippen molar-refractivity contribution in [2.75, 3.05) is 19.4 Å². The lowest BCUT2D eigenvalue weighted by molar-refractivity contribution is 0.211. The third kappa shape index (κ3) is 2.70. The van der Waals surface area contributed by atoms with Crippen LogP contribution in [0.1, 0.15) is 25.7 Å². The summed E-state index contributed by atoms with van der Waals surface area (Å²) in [5, 5.41) is 8.56. The van der Waals surface area contributed by atoms with Crippen LogP contribution >= 0.6 is 0 Å². The van der Waals surface area contributed by atoms with E-state index in [9.17, 15) is 4.79 Å². The first-order chi connectivity index (χ1) is 10.6. The molecule has 22 heavy (non-hydrogen) atoms. The van der Waals surface area contributed by atoms with Gasteiger partial charge in [-0.05, 0) is 39.1 Å². The van der Waals surface area contributed by atoms with Gasteiger partial charge in [0.05, 0.1) is 5.39 Å². The van der Waals surface area contributed by atoms with Gasteiger partial charge in [-0.2, -0.15) is 5.10 Å². The van der Waals surface area contributed by atoms with Crippen LogP contribution in [0.15, 0.2) is 23.1 Å². The molecular formula is C16H23N5O. The number of nitrogens with one attached hydrogen (secondary N) is 1. The summed E-state index contributed by atoms with van der Waals surface area (Å²) in [6.45, 7) is 0. The zero-order valence-corrected chi connectivity index (χ0v) is 13.4. The Morgan fingerprint density at radius 3 is 2.86 bits per heavy atom. The van der Waals surface area contributed by atoms with Crippen LogP contribution in [0.3, 0.4) is 0 Å². The summed E-state index contributed by atoms with van der Waals surface area (Å²) in [6.07, 6.45) is 6.49. The van der Waals surface area contributed by atoms with Gasteiger partial charge in [-0.25, -0.2) is 4.68 Å². The summed E-state index contributed by atoms with van der Waals surface area (Å²) in [5.41, 5.74) is 0.551. The SMILES string of the molecule is CN(C)[C@H]1CCCCC1Nc1nn(C)c(=O)c2cccnc12. The molecule has 0 spiro atoms. The highest BCUT2D eigenvalue weighted by atomic mass is 16.1. The second-order valence-corrected chi connectivity index (χ2v) is 6.24. The predicted molar refractivity (Wildman–Crippen MR) is 88.1 cm³/mol. The normalized spacial score (nSPS) is 22.2. The number of hydrogen-bond donors (Lipinski definition) is 1. The van der Waals surface area contributed by atoms with Crippen molar-refractivity contribution in [3.8, 4) is 0 Å². The van der Waals surface area contributed by atoms with Crippen molar-refractivity contribution in [1.29, 1.82) is 0 Å². The van der Waals surface area contributed by atoms with Gasteiger partial charge in [0.2, 0.25) is 0 Å². The number of aryl methyl sites for hydroxylation is 1. The molecule has 1 unspecified atom stereocenters. The van der Waals surface area contributed by atoms with E-state index in [0.717, 1.165) is 6.42 Å². The minimum Gasteiger partial charge on any atom is -0.363 e. The summed E-state index contributed by atoms with van der Waals surface area (Å²) in [5.74, 6) is 0.705. The molecule has 0 bridgehead atoms. The van der Waals surface area contributed by atoms with Gasteiger partial charge >= 0.3 is 0 Å². The molecule has 1 aliphatic rings. The molecule has 6 nitrogen and oxygen atoms in total. The summed E-state index contributed by atoms with van der Waals surface area (Å²) in [6, 6.07) is 4.41. The monoisotopic (exact) mass is 301 g/mol. The van der Waals surface area contributed by atoms with E-state index in [1.54, 1.807) is 19.3 Å². The lowest BCUT2D eigenvalue weighted by Crippen LogP contribution is -2.45. The lowest BCUT2D eigenvalue weighted by atomic mass is 9.89. The van der Waals surface area contributed by atoms with E-state index in [-0.39, 0.29) is 5.56 Å². The molecule has 3 rings (SSSR count). The van der Waals surface area contributed by atoms with Crippen molar-refractivity contribution >= 4 is 16.7 Å². The topological polar surface area (TPSA) is 63.1 Å². The first kappa shape index (κ1) is 15.0. The van der Waals surface area contributed by atoms with Crippen LogP contribution in [0.5, 0.6) is 0 Å². The first-order valence-corrected chi connectivity index (χ1v) is 7.83. The fourth-order valence-electron chi connectivity index (χ4n) is 3.35. The van der Waals surface area contributed by atoms with Crippen LogP contribution in [0.4, 0.5) is 5.82 Å². The van der Waals surface area contributed by atoms with Gasteiger partial charge in [0.1, 0.15) is 5.52 Å². The van der Waals surface area contributed by atoms with Crippen molar-refractivity contribution < 1.29 is 0 Å². The minimum atomic E-state index is -0.110. The molecular weight excluding hydrogens is 278 g/mol. The van der Waals surface area contributed by atoms with E-state index in [0.29, 0.717) is 28.8 Å². The molecule has 0 aromatic carbocycles. The molecule has 1 fully saturated rings. The summed E-state index contributed by atoms with van der Waals surface area (Å²) in [7, 11) is 5.93. The van der Waals surface area contributed by atoms with Gasteiger partial charge in [0.25, 0.3) is 5.56 Å². The van der Waals surface area contributed by atoms with Crippen molar-refractivity contribution in [3.63, 3.8) is 0 Å². The van der Waals surface area contributed by atoms with Gasteiger partial charge < -0.3 is 10.2 Å². The fraction of sp³-hybridized carbons (Fsp3) is 0.562. The second-order valence-electron chi connectivity index (χ2n) is 6.24. The molecule has 118 valence electrons. The molecule has 0 aliphatic heterocycles. The Hall–Kier alpha value is -1.95. The Morgan fingerprint density at radius 2 is 2.09 bits per heavy atom. The summed E-state index contributed by atoms with van der Waals surface area (Å²) < 4.78 is 1.39. The predicted octanol–water partition coefficient (Wildman–Crippen LogP) is 1.61. The molecule has 1 N–H and O–H groups in total. The van der Waals surface area contributed by atoms with Gasteiger partial charge in [-0.15, -0.1) is 0 Å². The highest BCUT2D eigenvalue weighted by molar-refractivity contribution is 5.87. The smallest absolute Gasteiger partial charge is 0.276 e. The average Bonchev–Trinajstić information content (AvgIpc) is 2.53. The van der Waals surface area contributed by atoms with Crippen molar-refractivity contribution in [1.82, 2.24) is 19.7 Å². The molecule has 1 aliphatic carbocycles. The van der Waals surface area contributed by atoms with Crippen LogP contribution in [0.25, 0.3) is 10.9 Å². The van der Waals surface area contributed by atoms with E-state index < -0.39 is 0 Å².